The third kappa shape index (κ3) is 3.56. The van der Waals surface area contributed by atoms with Crippen molar-refractivity contribution in [2.45, 2.75) is 20.1 Å². The summed E-state index contributed by atoms with van der Waals surface area (Å²) in [4.78, 5) is 14.6. The highest BCUT2D eigenvalue weighted by molar-refractivity contribution is 5.99. The minimum Gasteiger partial charge on any atom is -0.451 e. The maximum atomic E-state index is 13.4. The first-order valence-corrected chi connectivity index (χ1v) is 8.17. The van der Waals surface area contributed by atoms with E-state index in [1.807, 2.05) is 31.2 Å². The highest BCUT2D eigenvalue weighted by atomic mass is 19.1. The van der Waals surface area contributed by atoms with E-state index in [1.54, 1.807) is 24.1 Å². The van der Waals surface area contributed by atoms with Crippen LogP contribution in [0.1, 0.15) is 28.6 Å². The topological polar surface area (TPSA) is 42.7 Å². The molecular formula is C20H20FNO3. The van der Waals surface area contributed by atoms with Crippen molar-refractivity contribution in [2.24, 2.45) is 0 Å². The fraction of sp³-hybridized carbons (Fsp3) is 0.250. The Hall–Kier alpha value is -2.66. The Kier molecular flexibility index (Phi) is 5.14. The fourth-order valence-electron chi connectivity index (χ4n) is 2.89. The zero-order valence-electron chi connectivity index (χ0n) is 14.3. The highest BCUT2D eigenvalue weighted by Gasteiger charge is 2.24. The number of rotatable bonds is 6. The summed E-state index contributed by atoms with van der Waals surface area (Å²) >= 11 is 0. The summed E-state index contributed by atoms with van der Waals surface area (Å²) in [5.41, 5.74) is 2.13. The van der Waals surface area contributed by atoms with E-state index in [9.17, 15) is 9.18 Å². The molecule has 0 radical (unpaired) electrons. The number of methoxy groups -OCH3 is 1. The lowest BCUT2D eigenvalue weighted by molar-refractivity contribution is 0.0716. The fourth-order valence-corrected chi connectivity index (χ4v) is 2.89. The van der Waals surface area contributed by atoms with Crippen LogP contribution in [0.15, 0.2) is 52.9 Å². The third-order valence-electron chi connectivity index (χ3n) is 4.11. The molecule has 0 spiro atoms. The van der Waals surface area contributed by atoms with Crippen LogP contribution in [0.3, 0.4) is 0 Å². The Labute approximate surface area is 145 Å². The van der Waals surface area contributed by atoms with E-state index in [-0.39, 0.29) is 24.1 Å². The molecule has 1 amide bonds. The van der Waals surface area contributed by atoms with Crippen LogP contribution in [-0.2, 0) is 17.9 Å². The monoisotopic (exact) mass is 341 g/mol. The number of para-hydroxylation sites is 1. The molecule has 0 atom stereocenters. The molecule has 0 saturated carbocycles. The van der Waals surface area contributed by atoms with Gasteiger partial charge in [0.2, 0.25) is 0 Å². The molecule has 0 aliphatic carbocycles. The van der Waals surface area contributed by atoms with Gasteiger partial charge in [0.05, 0.1) is 6.61 Å². The van der Waals surface area contributed by atoms with E-state index >= 15 is 0 Å². The summed E-state index contributed by atoms with van der Waals surface area (Å²) in [6, 6.07) is 13.8. The zero-order chi connectivity index (χ0) is 17.8. The van der Waals surface area contributed by atoms with Gasteiger partial charge < -0.3 is 14.1 Å². The zero-order valence-corrected chi connectivity index (χ0v) is 14.3. The predicted molar refractivity (Wildman–Crippen MR) is 93.7 cm³/mol. The van der Waals surface area contributed by atoms with Crippen LogP contribution in [0.4, 0.5) is 4.39 Å². The maximum absolute atomic E-state index is 13.4. The van der Waals surface area contributed by atoms with Crippen molar-refractivity contribution in [1.82, 2.24) is 4.90 Å². The molecule has 0 aliphatic heterocycles. The molecule has 0 unspecified atom stereocenters. The van der Waals surface area contributed by atoms with Crippen molar-refractivity contribution in [3.05, 3.63) is 71.2 Å². The molecule has 0 bridgehead atoms. The first-order valence-electron chi connectivity index (χ1n) is 8.17. The molecular weight excluding hydrogens is 321 g/mol. The molecule has 4 nitrogen and oxygen atoms in total. The smallest absolute Gasteiger partial charge is 0.290 e. The first kappa shape index (κ1) is 17.2. The van der Waals surface area contributed by atoms with Gasteiger partial charge in [-0.15, -0.1) is 0 Å². The van der Waals surface area contributed by atoms with Gasteiger partial charge in [-0.05, 0) is 30.7 Å². The summed E-state index contributed by atoms with van der Waals surface area (Å²) in [7, 11) is 1.58. The van der Waals surface area contributed by atoms with Gasteiger partial charge in [-0.2, -0.15) is 0 Å². The Morgan fingerprint density at radius 1 is 1.20 bits per heavy atom. The van der Waals surface area contributed by atoms with Gasteiger partial charge in [-0.1, -0.05) is 30.3 Å². The molecule has 5 heteroatoms. The van der Waals surface area contributed by atoms with Crippen molar-refractivity contribution in [3.63, 3.8) is 0 Å². The third-order valence-corrected chi connectivity index (χ3v) is 4.11. The van der Waals surface area contributed by atoms with Gasteiger partial charge in [0.25, 0.3) is 5.91 Å². The maximum Gasteiger partial charge on any atom is 0.290 e. The molecule has 1 aromatic heterocycles. The predicted octanol–water partition coefficient (Wildman–Crippen LogP) is 4.38. The van der Waals surface area contributed by atoms with Crippen molar-refractivity contribution in [3.8, 4) is 0 Å². The van der Waals surface area contributed by atoms with E-state index in [2.05, 4.69) is 0 Å². The normalized spacial score (nSPS) is 11.0. The van der Waals surface area contributed by atoms with Crippen molar-refractivity contribution in [1.29, 1.82) is 0 Å². The van der Waals surface area contributed by atoms with E-state index in [0.29, 0.717) is 18.7 Å². The summed E-state index contributed by atoms with van der Waals surface area (Å²) in [6.45, 7) is 2.97. The highest BCUT2D eigenvalue weighted by Crippen LogP contribution is 2.28. The lowest BCUT2D eigenvalue weighted by atomic mass is 10.1. The molecule has 0 saturated heterocycles. The number of ether oxygens (including phenoxy) is 1. The van der Waals surface area contributed by atoms with Crippen molar-refractivity contribution < 1.29 is 18.3 Å². The lowest BCUT2D eigenvalue weighted by Gasteiger charge is -2.20. The number of furan rings is 1. The molecule has 3 rings (SSSR count). The molecule has 130 valence electrons. The van der Waals surface area contributed by atoms with Crippen LogP contribution >= 0.6 is 0 Å². The average molecular weight is 341 g/mol. The molecule has 25 heavy (non-hydrogen) atoms. The van der Waals surface area contributed by atoms with E-state index in [1.165, 1.54) is 12.1 Å². The number of amides is 1. The standard InChI is InChI=1S/C20H20FNO3/c1-3-22(12-14-7-6-8-15(21)11-14)20(23)19-17(13-24-2)16-9-4-5-10-18(16)25-19/h4-11H,3,12-13H2,1-2H3. The van der Waals surface area contributed by atoms with Gasteiger partial charge in [0, 0.05) is 31.1 Å². The van der Waals surface area contributed by atoms with Gasteiger partial charge >= 0.3 is 0 Å². The summed E-state index contributed by atoms with van der Waals surface area (Å²) in [5, 5.41) is 0.870. The number of nitrogens with zero attached hydrogens (tertiary/aromatic N) is 1. The number of carbonyl (C=O) groups is 1. The van der Waals surface area contributed by atoms with E-state index in [4.69, 9.17) is 9.15 Å². The first-order chi connectivity index (χ1) is 12.1. The SMILES string of the molecule is CCN(Cc1cccc(F)c1)C(=O)c1oc2ccccc2c1COC. The number of hydrogen-bond donors (Lipinski definition) is 0. The largest absolute Gasteiger partial charge is 0.451 e. The van der Waals surface area contributed by atoms with E-state index in [0.717, 1.165) is 16.5 Å². The van der Waals surface area contributed by atoms with Gasteiger partial charge in [0.1, 0.15) is 11.4 Å². The Balaban J connectivity index is 1.95. The second-order valence-electron chi connectivity index (χ2n) is 5.79. The van der Waals surface area contributed by atoms with Crippen LogP contribution in [0.5, 0.6) is 0 Å². The number of fused-ring (bicyclic) bond motifs is 1. The second-order valence-corrected chi connectivity index (χ2v) is 5.79. The summed E-state index contributed by atoms with van der Waals surface area (Å²) in [5.74, 6) is -0.263. The second kappa shape index (κ2) is 7.49. The summed E-state index contributed by atoms with van der Waals surface area (Å²) in [6.07, 6.45) is 0. The average Bonchev–Trinajstić information content (AvgIpc) is 2.98. The molecule has 3 aromatic rings. The molecule has 0 fully saturated rings. The van der Waals surface area contributed by atoms with Crippen LogP contribution in [0.2, 0.25) is 0 Å². The Bertz CT molecular complexity index is 888. The van der Waals surface area contributed by atoms with Gasteiger partial charge in [0.15, 0.2) is 5.76 Å². The minimum absolute atomic E-state index is 0.227. The lowest BCUT2D eigenvalue weighted by Crippen LogP contribution is -2.30. The van der Waals surface area contributed by atoms with Crippen LogP contribution in [-0.4, -0.2) is 24.5 Å². The van der Waals surface area contributed by atoms with Crippen molar-refractivity contribution >= 4 is 16.9 Å². The van der Waals surface area contributed by atoms with Gasteiger partial charge in [-0.3, -0.25) is 4.79 Å². The van der Waals surface area contributed by atoms with Crippen LogP contribution < -0.4 is 0 Å². The quantitative estimate of drug-likeness (QED) is 0.668. The van der Waals surface area contributed by atoms with Crippen molar-refractivity contribution in [2.75, 3.05) is 13.7 Å². The number of halogens is 1. The molecule has 2 aromatic carbocycles. The molecule has 0 aliphatic rings. The number of carbonyl (C=O) groups excluding carboxylic acids is 1. The summed E-state index contributed by atoms with van der Waals surface area (Å²) < 4.78 is 24.5. The molecule has 1 heterocycles. The van der Waals surface area contributed by atoms with Crippen LogP contribution in [0.25, 0.3) is 11.0 Å². The van der Waals surface area contributed by atoms with Crippen LogP contribution in [0, 0.1) is 5.82 Å². The number of benzene rings is 2. The Morgan fingerprint density at radius 2 is 2.00 bits per heavy atom. The Morgan fingerprint density at radius 3 is 2.72 bits per heavy atom. The van der Waals surface area contributed by atoms with Gasteiger partial charge in [-0.25, -0.2) is 4.39 Å². The number of hydrogen-bond acceptors (Lipinski definition) is 3. The minimum atomic E-state index is -0.315. The molecule has 0 N–H and O–H groups in total. The van der Waals surface area contributed by atoms with E-state index < -0.39 is 0 Å².